The molecule has 3 aromatic carbocycles. The molecular formula is C39H50N6O7. The fraction of sp³-hybridized carbons (Fsp3) is 0.410. The van der Waals surface area contributed by atoms with Gasteiger partial charge in [0.15, 0.2) is 0 Å². The Kier molecular flexibility index (Phi) is 15.2. The Hall–Kier alpha value is -5.27. The van der Waals surface area contributed by atoms with Gasteiger partial charge < -0.3 is 41.7 Å². The number of hydrogen-bond donors (Lipinski definition) is 6. The van der Waals surface area contributed by atoms with Crippen LogP contribution in [0, 0.1) is 0 Å². The highest BCUT2D eigenvalue weighted by atomic mass is 16.5. The Morgan fingerprint density at radius 2 is 1.31 bits per heavy atom. The van der Waals surface area contributed by atoms with Crippen molar-refractivity contribution in [3.63, 3.8) is 0 Å². The standard InChI is InChI=1S/C39H50N6O7/c1-26(37(49)41-27(2)38(50)44-32(36(40)48)24-29-13-7-4-8-14-29)42-39(51)33(25-46)43-35(47)19-22-45-20-17-31(18-21-45)52-34-16-10-9-15-30(34)23-28-11-5-3-6-12-28/h3-16,26-27,31-33,46H,17-25H2,1-2H3,(H2,40,48)(H,41,49)(H,42,51)(H,43,47)(H,44,50)/t26-,27-,32+,33-/m0/s1. The molecule has 52 heavy (non-hydrogen) atoms. The smallest absolute Gasteiger partial charge is 0.245 e. The van der Waals surface area contributed by atoms with Crippen molar-refractivity contribution in [2.45, 2.75) is 76.2 Å². The second kappa shape index (κ2) is 19.9. The van der Waals surface area contributed by atoms with Gasteiger partial charge in [-0.15, -0.1) is 0 Å². The number of ether oxygens (including phenoxy) is 1. The summed E-state index contributed by atoms with van der Waals surface area (Å²) < 4.78 is 6.41. The zero-order valence-electron chi connectivity index (χ0n) is 29.8. The molecule has 1 aliphatic heterocycles. The van der Waals surface area contributed by atoms with Crippen molar-refractivity contribution in [1.82, 2.24) is 26.2 Å². The maximum absolute atomic E-state index is 12.8. The maximum atomic E-state index is 12.8. The number of nitrogens with two attached hydrogens (primary N) is 1. The number of benzene rings is 3. The highest BCUT2D eigenvalue weighted by molar-refractivity contribution is 5.95. The van der Waals surface area contributed by atoms with E-state index in [9.17, 15) is 29.1 Å². The molecular weight excluding hydrogens is 664 g/mol. The third kappa shape index (κ3) is 12.5. The first-order valence-corrected chi connectivity index (χ1v) is 17.7. The predicted molar refractivity (Wildman–Crippen MR) is 196 cm³/mol. The van der Waals surface area contributed by atoms with Crippen LogP contribution < -0.4 is 31.7 Å². The predicted octanol–water partition coefficient (Wildman–Crippen LogP) is 1.21. The van der Waals surface area contributed by atoms with Crippen molar-refractivity contribution in [3.05, 3.63) is 102 Å². The number of primary amides is 1. The Bertz CT molecular complexity index is 1630. The monoisotopic (exact) mass is 714 g/mol. The summed E-state index contributed by atoms with van der Waals surface area (Å²) in [4.78, 5) is 65.2. The van der Waals surface area contributed by atoms with Gasteiger partial charge in [0.25, 0.3) is 0 Å². The van der Waals surface area contributed by atoms with Crippen LogP contribution in [0.15, 0.2) is 84.9 Å². The molecule has 13 heteroatoms. The third-order valence-corrected chi connectivity index (χ3v) is 8.97. The van der Waals surface area contributed by atoms with Crippen LogP contribution >= 0.6 is 0 Å². The summed E-state index contributed by atoms with van der Waals surface area (Å²) in [5, 5.41) is 19.9. The lowest BCUT2D eigenvalue weighted by molar-refractivity contribution is -0.134. The van der Waals surface area contributed by atoms with Crippen molar-refractivity contribution in [1.29, 1.82) is 0 Å². The Labute approximate surface area is 304 Å². The number of hydrogen-bond acceptors (Lipinski definition) is 8. The molecule has 278 valence electrons. The number of carbonyl (C=O) groups excluding carboxylic acids is 5. The number of aliphatic hydroxyl groups excluding tert-OH is 1. The summed E-state index contributed by atoms with van der Waals surface area (Å²) in [7, 11) is 0. The van der Waals surface area contributed by atoms with E-state index >= 15 is 0 Å². The summed E-state index contributed by atoms with van der Waals surface area (Å²) >= 11 is 0. The third-order valence-electron chi connectivity index (χ3n) is 8.97. The number of aliphatic hydroxyl groups is 1. The lowest BCUT2D eigenvalue weighted by Crippen LogP contribution is -2.57. The van der Waals surface area contributed by atoms with E-state index in [0.29, 0.717) is 6.54 Å². The number of rotatable bonds is 18. The normalized spacial score (nSPS) is 15.7. The zero-order valence-corrected chi connectivity index (χ0v) is 29.8. The second-order valence-corrected chi connectivity index (χ2v) is 13.1. The molecule has 1 heterocycles. The number of amides is 5. The maximum Gasteiger partial charge on any atom is 0.245 e. The molecule has 0 aliphatic carbocycles. The molecule has 1 aliphatic rings. The Morgan fingerprint density at radius 1 is 0.750 bits per heavy atom. The highest BCUT2D eigenvalue weighted by Gasteiger charge is 2.28. The van der Waals surface area contributed by atoms with E-state index in [1.807, 2.05) is 42.5 Å². The summed E-state index contributed by atoms with van der Waals surface area (Å²) in [5.74, 6) is -2.31. The minimum atomic E-state index is -1.27. The van der Waals surface area contributed by atoms with Crippen LogP contribution in [0.3, 0.4) is 0 Å². The van der Waals surface area contributed by atoms with Crippen LogP contribution in [0.25, 0.3) is 0 Å². The largest absolute Gasteiger partial charge is 0.490 e. The van der Waals surface area contributed by atoms with Crippen molar-refractivity contribution in [2.75, 3.05) is 26.2 Å². The van der Waals surface area contributed by atoms with E-state index < -0.39 is 60.3 Å². The molecule has 4 rings (SSSR count). The minimum absolute atomic E-state index is 0.0627. The van der Waals surface area contributed by atoms with Gasteiger partial charge in [0.05, 0.1) is 6.61 Å². The molecule has 0 aromatic heterocycles. The van der Waals surface area contributed by atoms with E-state index in [-0.39, 0.29) is 18.9 Å². The molecule has 1 fully saturated rings. The molecule has 13 nitrogen and oxygen atoms in total. The number of nitrogens with one attached hydrogen (secondary N) is 4. The van der Waals surface area contributed by atoms with Gasteiger partial charge in [-0.05, 0) is 49.4 Å². The summed E-state index contributed by atoms with van der Waals surface area (Å²) in [6.45, 7) is 4.15. The van der Waals surface area contributed by atoms with Gasteiger partial charge in [0, 0.05) is 38.9 Å². The van der Waals surface area contributed by atoms with Gasteiger partial charge in [0.2, 0.25) is 29.5 Å². The number of likely N-dealkylation sites (tertiary alicyclic amines) is 1. The van der Waals surface area contributed by atoms with Crippen molar-refractivity contribution in [3.8, 4) is 5.75 Å². The topological polar surface area (TPSA) is 192 Å². The van der Waals surface area contributed by atoms with E-state index in [4.69, 9.17) is 10.5 Å². The van der Waals surface area contributed by atoms with E-state index in [1.54, 1.807) is 24.3 Å². The van der Waals surface area contributed by atoms with Gasteiger partial charge in [-0.25, -0.2) is 0 Å². The van der Waals surface area contributed by atoms with Gasteiger partial charge in [-0.2, -0.15) is 0 Å². The summed E-state index contributed by atoms with van der Waals surface area (Å²) in [6, 6.07) is 23.0. The number of carbonyl (C=O) groups is 5. The zero-order chi connectivity index (χ0) is 37.5. The number of piperidine rings is 1. The molecule has 0 unspecified atom stereocenters. The van der Waals surface area contributed by atoms with Gasteiger partial charge in [-0.1, -0.05) is 78.9 Å². The fourth-order valence-corrected chi connectivity index (χ4v) is 5.88. The number of nitrogens with zero attached hydrogens (tertiary/aromatic N) is 1. The van der Waals surface area contributed by atoms with Crippen LogP contribution in [-0.2, 0) is 36.8 Å². The minimum Gasteiger partial charge on any atom is -0.490 e. The van der Waals surface area contributed by atoms with Crippen LogP contribution in [0.2, 0.25) is 0 Å². The quantitative estimate of drug-likeness (QED) is 0.113. The molecule has 5 amide bonds. The molecule has 3 aromatic rings. The molecule has 1 saturated heterocycles. The van der Waals surface area contributed by atoms with E-state index in [2.05, 4.69) is 44.4 Å². The fourth-order valence-electron chi connectivity index (χ4n) is 5.88. The molecule has 0 spiro atoms. The van der Waals surface area contributed by atoms with E-state index in [0.717, 1.165) is 49.2 Å². The van der Waals surface area contributed by atoms with Crippen LogP contribution in [0.5, 0.6) is 5.75 Å². The van der Waals surface area contributed by atoms with Crippen LogP contribution in [0.4, 0.5) is 0 Å². The van der Waals surface area contributed by atoms with Crippen LogP contribution in [0.1, 0.15) is 49.8 Å². The van der Waals surface area contributed by atoms with Crippen LogP contribution in [-0.4, -0.2) is 96.1 Å². The molecule has 0 saturated carbocycles. The lowest BCUT2D eigenvalue weighted by Gasteiger charge is -2.32. The van der Waals surface area contributed by atoms with Gasteiger partial charge in [0.1, 0.15) is 36.0 Å². The van der Waals surface area contributed by atoms with Gasteiger partial charge in [-0.3, -0.25) is 24.0 Å². The first kappa shape index (κ1) is 39.5. The number of para-hydroxylation sites is 1. The second-order valence-electron chi connectivity index (χ2n) is 13.1. The first-order chi connectivity index (χ1) is 25.0. The highest BCUT2D eigenvalue weighted by Crippen LogP contribution is 2.25. The summed E-state index contributed by atoms with van der Waals surface area (Å²) in [5.41, 5.74) is 8.63. The summed E-state index contributed by atoms with van der Waals surface area (Å²) in [6.07, 6.45) is 2.77. The van der Waals surface area contributed by atoms with Crippen molar-refractivity contribution in [2.24, 2.45) is 5.73 Å². The van der Waals surface area contributed by atoms with E-state index in [1.165, 1.54) is 19.4 Å². The Balaban J connectivity index is 1.15. The molecule has 0 bridgehead atoms. The van der Waals surface area contributed by atoms with Gasteiger partial charge >= 0.3 is 0 Å². The average Bonchev–Trinajstić information content (AvgIpc) is 3.14. The molecule has 4 atom stereocenters. The molecule has 7 N–H and O–H groups in total. The molecule has 0 radical (unpaired) electrons. The first-order valence-electron chi connectivity index (χ1n) is 17.7. The Morgan fingerprint density at radius 3 is 1.92 bits per heavy atom. The SMILES string of the molecule is C[C@H](NC(=O)[C@H](C)NC(=O)[C@H](CO)NC(=O)CCN1CCC(Oc2ccccc2Cc2ccccc2)CC1)C(=O)N[C@H](Cc1ccccc1)C(N)=O. The lowest BCUT2D eigenvalue weighted by atomic mass is 10.0. The van der Waals surface area contributed by atoms with Crippen molar-refractivity contribution >= 4 is 29.5 Å². The van der Waals surface area contributed by atoms with Crippen molar-refractivity contribution < 1.29 is 33.8 Å². The average molecular weight is 715 g/mol.